The fourth-order valence-electron chi connectivity index (χ4n) is 1.94. The Labute approximate surface area is 103 Å². The van der Waals surface area contributed by atoms with Gasteiger partial charge in [0.15, 0.2) is 17.6 Å². The minimum Gasteiger partial charge on any atom is -0.478 e. The second-order valence-electron chi connectivity index (χ2n) is 4.03. The average molecular weight is 252 g/mol. The molecule has 2 aliphatic heterocycles. The Morgan fingerprint density at radius 2 is 2.06 bits per heavy atom. The Hall–Kier alpha value is -1.95. The van der Waals surface area contributed by atoms with Gasteiger partial charge in [-0.05, 0) is 6.07 Å². The summed E-state index contributed by atoms with van der Waals surface area (Å²) in [5.41, 5.74) is 0.555. The third-order valence-electron chi connectivity index (χ3n) is 2.88. The molecular weight excluding hydrogens is 240 g/mol. The summed E-state index contributed by atoms with van der Waals surface area (Å²) in [5.74, 6) is 1.16. The van der Waals surface area contributed by atoms with Crippen molar-refractivity contribution in [3.63, 3.8) is 0 Å². The third-order valence-corrected chi connectivity index (χ3v) is 2.88. The summed E-state index contributed by atoms with van der Waals surface area (Å²) < 4.78 is 20.8. The summed E-state index contributed by atoms with van der Waals surface area (Å²) in [5, 5.41) is 9.30. The molecule has 96 valence electrons. The van der Waals surface area contributed by atoms with E-state index in [1.54, 1.807) is 12.1 Å². The lowest BCUT2D eigenvalue weighted by Crippen LogP contribution is -2.22. The lowest BCUT2D eigenvalue weighted by atomic mass is 10.2. The van der Waals surface area contributed by atoms with Crippen molar-refractivity contribution >= 4 is 5.97 Å². The van der Waals surface area contributed by atoms with Crippen LogP contribution in [0, 0.1) is 0 Å². The molecule has 0 radical (unpaired) electrons. The first kappa shape index (κ1) is 11.2. The van der Waals surface area contributed by atoms with Gasteiger partial charge in [-0.1, -0.05) is 0 Å². The van der Waals surface area contributed by atoms with E-state index in [2.05, 4.69) is 0 Å². The molecule has 2 aliphatic rings. The number of benzene rings is 1. The van der Waals surface area contributed by atoms with Crippen LogP contribution in [0.25, 0.3) is 0 Å². The molecule has 0 bridgehead atoms. The highest BCUT2D eigenvalue weighted by molar-refractivity contribution is 5.77. The molecule has 1 atom stereocenters. The zero-order valence-electron chi connectivity index (χ0n) is 9.55. The monoisotopic (exact) mass is 252 g/mol. The molecule has 6 heteroatoms. The van der Waals surface area contributed by atoms with Crippen LogP contribution >= 0.6 is 0 Å². The summed E-state index contributed by atoms with van der Waals surface area (Å²) in [6.45, 7) is 0.311. The summed E-state index contributed by atoms with van der Waals surface area (Å²) in [6.07, 6.45) is -0.103. The van der Waals surface area contributed by atoms with Crippen LogP contribution in [0.3, 0.4) is 0 Å². The molecule has 0 aliphatic carbocycles. The first-order valence-electron chi connectivity index (χ1n) is 5.64. The topological polar surface area (TPSA) is 74.2 Å². The molecule has 3 rings (SSSR count). The summed E-state index contributed by atoms with van der Waals surface area (Å²) in [7, 11) is 0. The normalized spacial score (nSPS) is 20.9. The number of rotatable bonds is 3. The summed E-state index contributed by atoms with van der Waals surface area (Å²) >= 11 is 0. The second kappa shape index (κ2) is 4.38. The van der Waals surface area contributed by atoms with Gasteiger partial charge in [-0.3, -0.25) is 0 Å². The van der Waals surface area contributed by atoms with Crippen molar-refractivity contribution in [2.24, 2.45) is 0 Å². The molecule has 18 heavy (non-hydrogen) atoms. The number of hydrogen-bond acceptors (Lipinski definition) is 6. The van der Waals surface area contributed by atoms with Crippen LogP contribution in [0.5, 0.6) is 17.2 Å². The van der Waals surface area contributed by atoms with Crippen LogP contribution in [0.1, 0.15) is 12.0 Å². The quantitative estimate of drug-likeness (QED) is 0.794. The maximum atomic E-state index is 11.3. The number of esters is 1. The number of aliphatic hydroxyl groups excluding tert-OH is 1. The van der Waals surface area contributed by atoms with Gasteiger partial charge in [-0.15, -0.1) is 0 Å². The molecule has 0 amide bonds. The van der Waals surface area contributed by atoms with Crippen LogP contribution < -0.4 is 14.2 Å². The maximum absolute atomic E-state index is 11.3. The second-order valence-corrected chi connectivity index (χ2v) is 4.03. The Kier molecular flexibility index (Phi) is 2.71. The molecule has 6 nitrogen and oxygen atoms in total. The molecular formula is C12H12O6. The summed E-state index contributed by atoms with van der Waals surface area (Å²) in [4.78, 5) is 11.3. The Balaban J connectivity index is 1.88. The molecule has 1 fully saturated rings. The molecule has 0 spiro atoms. The van der Waals surface area contributed by atoms with E-state index in [4.69, 9.17) is 18.9 Å². The van der Waals surface area contributed by atoms with Gasteiger partial charge >= 0.3 is 5.97 Å². The predicted octanol–water partition coefficient (Wildman–Crippen LogP) is 0.602. The van der Waals surface area contributed by atoms with Crippen molar-refractivity contribution in [2.75, 3.05) is 13.4 Å². The highest BCUT2D eigenvalue weighted by atomic mass is 16.7. The van der Waals surface area contributed by atoms with E-state index in [-0.39, 0.29) is 19.4 Å². The molecule has 1 saturated heterocycles. The summed E-state index contributed by atoms with van der Waals surface area (Å²) in [6, 6.07) is 3.28. The number of carbonyl (C=O) groups is 1. The first-order valence-corrected chi connectivity index (χ1v) is 5.64. The van der Waals surface area contributed by atoms with Crippen molar-refractivity contribution < 1.29 is 28.8 Å². The molecule has 0 saturated carbocycles. The number of aliphatic hydroxyl groups is 1. The van der Waals surface area contributed by atoms with E-state index in [0.29, 0.717) is 35.8 Å². The van der Waals surface area contributed by atoms with Crippen LogP contribution in [-0.2, 0) is 16.1 Å². The predicted molar refractivity (Wildman–Crippen MR) is 58.5 cm³/mol. The van der Waals surface area contributed by atoms with E-state index >= 15 is 0 Å². The Morgan fingerprint density at radius 1 is 1.28 bits per heavy atom. The smallest absolute Gasteiger partial charge is 0.347 e. The fraction of sp³-hybridized carbons (Fsp3) is 0.417. The average Bonchev–Trinajstić information content (AvgIpc) is 2.98. The number of carbonyl (C=O) groups excluding carboxylic acids is 1. The molecule has 1 N–H and O–H groups in total. The van der Waals surface area contributed by atoms with Crippen LogP contribution in [0.4, 0.5) is 0 Å². The van der Waals surface area contributed by atoms with E-state index < -0.39 is 6.10 Å². The molecule has 1 unspecified atom stereocenters. The lowest BCUT2D eigenvalue weighted by Gasteiger charge is -2.13. The molecule has 0 aromatic heterocycles. The van der Waals surface area contributed by atoms with Crippen molar-refractivity contribution in [3.05, 3.63) is 17.7 Å². The van der Waals surface area contributed by atoms with Crippen molar-refractivity contribution in [2.45, 2.75) is 19.1 Å². The van der Waals surface area contributed by atoms with E-state index in [0.717, 1.165) is 0 Å². The zero-order chi connectivity index (χ0) is 12.5. The Morgan fingerprint density at radius 3 is 2.72 bits per heavy atom. The van der Waals surface area contributed by atoms with Gasteiger partial charge in [-0.2, -0.15) is 0 Å². The molecule has 1 aromatic rings. The van der Waals surface area contributed by atoms with E-state index in [1.165, 1.54) is 0 Å². The van der Waals surface area contributed by atoms with Gasteiger partial charge in [0.05, 0.1) is 13.2 Å². The third kappa shape index (κ3) is 1.84. The Bertz CT molecular complexity index is 484. The van der Waals surface area contributed by atoms with Gasteiger partial charge in [0.25, 0.3) is 0 Å². The standard InChI is InChI=1S/C12H12O6/c13-5-7-3-10-11(17-6-16-10)4-9(7)18-8-1-2-15-12(8)14/h3-4,8,13H,1-2,5-6H2. The number of fused-ring (bicyclic) bond motifs is 1. The van der Waals surface area contributed by atoms with Crippen LogP contribution in [0.2, 0.25) is 0 Å². The van der Waals surface area contributed by atoms with Gasteiger partial charge in [-0.25, -0.2) is 4.79 Å². The van der Waals surface area contributed by atoms with Crippen molar-refractivity contribution in [1.29, 1.82) is 0 Å². The number of hydrogen-bond donors (Lipinski definition) is 1. The van der Waals surface area contributed by atoms with Crippen molar-refractivity contribution in [3.8, 4) is 17.2 Å². The SMILES string of the molecule is O=C1OCCC1Oc1cc2c(cc1CO)OCO2. The minimum atomic E-state index is -0.615. The fourth-order valence-corrected chi connectivity index (χ4v) is 1.94. The number of cyclic esters (lactones) is 1. The van der Waals surface area contributed by atoms with Gasteiger partial charge < -0.3 is 24.1 Å². The van der Waals surface area contributed by atoms with Gasteiger partial charge in [0.2, 0.25) is 6.79 Å². The minimum absolute atomic E-state index is 0.148. The van der Waals surface area contributed by atoms with Crippen LogP contribution in [-0.4, -0.2) is 30.6 Å². The lowest BCUT2D eigenvalue weighted by molar-refractivity contribution is -0.143. The van der Waals surface area contributed by atoms with E-state index in [1.807, 2.05) is 0 Å². The van der Waals surface area contributed by atoms with Gasteiger partial charge in [0, 0.05) is 18.1 Å². The molecule has 1 aromatic carbocycles. The van der Waals surface area contributed by atoms with Crippen molar-refractivity contribution in [1.82, 2.24) is 0 Å². The highest BCUT2D eigenvalue weighted by Crippen LogP contribution is 2.38. The largest absolute Gasteiger partial charge is 0.478 e. The zero-order valence-corrected chi connectivity index (χ0v) is 9.55. The first-order chi connectivity index (χ1) is 8.78. The maximum Gasteiger partial charge on any atom is 0.347 e. The highest BCUT2D eigenvalue weighted by Gasteiger charge is 2.30. The van der Waals surface area contributed by atoms with Gasteiger partial charge in [0.1, 0.15) is 5.75 Å². The molecule has 2 heterocycles. The van der Waals surface area contributed by atoms with Crippen LogP contribution in [0.15, 0.2) is 12.1 Å². The number of ether oxygens (including phenoxy) is 4. The van der Waals surface area contributed by atoms with E-state index in [9.17, 15) is 9.90 Å².